The molecule has 1 aromatic rings. The SMILES string of the molecule is CNc1cc(C2CC2)c(Cl)cc1OC. The van der Waals surface area contributed by atoms with Crippen molar-refractivity contribution in [2.24, 2.45) is 0 Å². The van der Waals surface area contributed by atoms with Gasteiger partial charge >= 0.3 is 0 Å². The van der Waals surface area contributed by atoms with Crippen LogP contribution in [0.4, 0.5) is 5.69 Å². The van der Waals surface area contributed by atoms with E-state index in [4.69, 9.17) is 16.3 Å². The van der Waals surface area contributed by atoms with E-state index < -0.39 is 0 Å². The Kier molecular flexibility index (Phi) is 2.55. The number of rotatable bonds is 3. The van der Waals surface area contributed by atoms with Gasteiger partial charge < -0.3 is 10.1 Å². The van der Waals surface area contributed by atoms with E-state index in [1.165, 1.54) is 18.4 Å². The molecule has 14 heavy (non-hydrogen) atoms. The van der Waals surface area contributed by atoms with E-state index in [1.54, 1.807) is 7.11 Å². The van der Waals surface area contributed by atoms with Crippen molar-refractivity contribution in [3.8, 4) is 5.75 Å². The molecule has 0 aliphatic heterocycles. The van der Waals surface area contributed by atoms with Gasteiger partial charge in [0.2, 0.25) is 0 Å². The van der Waals surface area contributed by atoms with Crippen LogP contribution < -0.4 is 10.1 Å². The lowest BCUT2D eigenvalue weighted by Gasteiger charge is -2.11. The zero-order valence-electron chi connectivity index (χ0n) is 8.43. The predicted molar refractivity (Wildman–Crippen MR) is 59.5 cm³/mol. The van der Waals surface area contributed by atoms with Crippen LogP contribution in [0.3, 0.4) is 0 Å². The van der Waals surface area contributed by atoms with E-state index in [0.29, 0.717) is 5.92 Å². The third-order valence-corrected chi connectivity index (χ3v) is 2.93. The van der Waals surface area contributed by atoms with E-state index >= 15 is 0 Å². The Morgan fingerprint density at radius 2 is 2.14 bits per heavy atom. The maximum atomic E-state index is 6.16. The van der Waals surface area contributed by atoms with E-state index in [9.17, 15) is 0 Å². The highest BCUT2D eigenvalue weighted by Gasteiger charge is 2.26. The minimum absolute atomic E-state index is 0.667. The zero-order chi connectivity index (χ0) is 10.1. The second-order valence-corrected chi connectivity index (χ2v) is 4.01. The lowest BCUT2D eigenvalue weighted by molar-refractivity contribution is 0.416. The summed E-state index contributed by atoms with van der Waals surface area (Å²) >= 11 is 6.16. The summed E-state index contributed by atoms with van der Waals surface area (Å²) in [5.41, 5.74) is 2.26. The van der Waals surface area contributed by atoms with Crippen molar-refractivity contribution in [1.29, 1.82) is 0 Å². The molecule has 0 bridgehead atoms. The number of ether oxygens (including phenoxy) is 1. The Balaban J connectivity index is 2.42. The van der Waals surface area contributed by atoms with Crippen molar-refractivity contribution in [3.63, 3.8) is 0 Å². The zero-order valence-corrected chi connectivity index (χ0v) is 9.19. The quantitative estimate of drug-likeness (QED) is 0.829. The molecule has 0 unspecified atom stereocenters. The molecule has 1 saturated carbocycles. The molecule has 0 aromatic heterocycles. The largest absolute Gasteiger partial charge is 0.495 e. The van der Waals surface area contributed by atoms with Crippen LogP contribution in [-0.2, 0) is 0 Å². The fourth-order valence-corrected chi connectivity index (χ4v) is 1.95. The van der Waals surface area contributed by atoms with Gasteiger partial charge in [-0.2, -0.15) is 0 Å². The number of methoxy groups -OCH3 is 1. The monoisotopic (exact) mass is 211 g/mol. The Bertz CT molecular complexity index is 347. The van der Waals surface area contributed by atoms with E-state index in [2.05, 4.69) is 11.4 Å². The molecule has 0 amide bonds. The molecular formula is C11H14ClNO. The lowest BCUT2D eigenvalue weighted by Crippen LogP contribution is -1.95. The molecule has 1 aliphatic rings. The fourth-order valence-electron chi connectivity index (χ4n) is 1.64. The first-order valence-corrected chi connectivity index (χ1v) is 5.19. The molecule has 0 atom stereocenters. The van der Waals surface area contributed by atoms with Gasteiger partial charge in [-0.1, -0.05) is 11.6 Å². The van der Waals surface area contributed by atoms with Gasteiger partial charge in [0.15, 0.2) is 0 Å². The summed E-state index contributed by atoms with van der Waals surface area (Å²) in [7, 11) is 3.55. The van der Waals surface area contributed by atoms with Crippen molar-refractivity contribution in [1.82, 2.24) is 0 Å². The number of anilines is 1. The molecular weight excluding hydrogens is 198 g/mol. The molecule has 2 rings (SSSR count). The van der Waals surface area contributed by atoms with Gasteiger partial charge in [0.1, 0.15) is 5.75 Å². The van der Waals surface area contributed by atoms with Gasteiger partial charge in [-0.25, -0.2) is 0 Å². The van der Waals surface area contributed by atoms with Gasteiger partial charge in [0.25, 0.3) is 0 Å². The molecule has 1 fully saturated rings. The van der Waals surface area contributed by atoms with Crippen LogP contribution in [0.15, 0.2) is 12.1 Å². The van der Waals surface area contributed by atoms with E-state index in [0.717, 1.165) is 16.5 Å². The van der Waals surface area contributed by atoms with Gasteiger partial charge in [-0.15, -0.1) is 0 Å². The summed E-state index contributed by atoms with van der Waals surface area (Å²) in [5.74, 6) is 1.47. The summed E-state index contributed by atoms with van der Waals surface area (Å²) in [6, 6.07) is 3.99. The summed E-state index contributed by atoms with van der Waals surface area (Å²) < 4.78 is 5.23. The van der Waals surface area contributed by atoms with Crippen molar-refractivity contribution >= 4 is 17.3 Å². The maximum Gasteiger partial charge on any atom is 0.143 e. The summed E-state index contributed by atoms with van der Waals surface area (Å²) in [4.78, 5) is 0. The standard InChI is InChI=1S/C11H14ClNO/c1-13-10-5-8(7-3-4-7)9(12)6-11(10)14-2/h5-7,13H,3-4H2,1-2H3. The highest BCUT2D eigenvalue weighted by Crippen LogP contribution is 2.45. The second-order valence-electron chi connectivity index (χ2n) is 3.60. The number of halogens is 1. The molecule has 1 aliphatic carbocycles. The summed E-state index contributed by atoms with van der Waals surface area (Å²) in [6.07, 6.45) is 2.52. The van der Waals surface area contributed by atoms with Crippen molar-refractivity contribution in [2.45, 2.75) is 18.8 Å². The molecule has 0 saturated heterocycles. The van der Waals surface area contributed by atoms with Crippen molar-refractivity contribution < 1.29 is 4.74 Å². The molecule has 1 N–H and O–H groups in total. The van der Waals surface area contributed by atoms with Crippen LogP contribution in [0.1, 0.15) is 24.3 Å². The highest BCUT2D eigenvalue weighted by molar-refractivity contribution is 6.31. The van der Waals surface area contributed by atoms with Crippen LogP contribution in [0.5, 0.6) is 5.75 Å². The Morgan fingerprint density at radius 3 is 2.64 bits per heavy atom. The van der Waals surface area contributed by atoms with Gasteiger partial charge in [0.05, 0.1) is 12.8 Å². The Labute approximate surface area is 89.2 Å². The van der Waals surface area contributed by atoms with Crippen LogP contribution >= 0.6 is 11.6 Å². The predicted octanol–water partition coefficient (Wildman–Crippen LogP) is 3.27. The van der Waals surface area contributed by atoms with E-state index in [-0.39, 0.29) is 0 Å². The second kappa shape index (κ2) is 3.70. The third-order valence-electron chi connectivity index (χ3n) is 2.61. The average molecular weight is 212 g/mol. The first kappa shape index (κ1) is 9.66. The third kappa shape index (κ3) is 1.67. The van der Waals surface area contributed by atoms with Gasteiger partial charge in [-0.05, 0) is 30.4 Å². The summed E-state index contributed by atoms with van der Waals surface area (Å²) in [5, 5.41) is 3.94. The number of benzene rings is 1. The Morgan fingerprint density at radius 1 is 1.43 bits per heavy atom. The van der Waals surface area contributed by atoms with Gasteiger partial charge in [-0.3, -0.25) is 0 Å². The highest BCUT2D eigenvalue weighted by atomic mass is 35.5. The van der Waals surface area contributed by atoms with Crippen molar-refractivity contribution in [3.05, 3.63) is 22.7 Å². The fraction of sp³-hybridized carbons (Fsp3) is 0.455. The minimum atomic E-state index is 0.667. The number of hydrogen-bond donors (Lipinski definition) is 1. The molecule has 1 aromatic carbocycles. The first-order chi connectivity index (χ1) is 6.76. The Hall–Kier alpha value is -0.890. The normalized spacial score (nSPS) is 15.4. The van der Waals surface area contributed by atoms with Crippen LogP contribution in [0.25, 0.3) is 0 Å². The minimum Gasteiger partial charge on any atom is -0.495 e. The lowest BCUT2D eigenvalue weighted by atomic mass is 10.1. The maximum absolute atomic E-state index is 6.16. The first-order valence-electron chi connectivity index (χ1n) is 4.81. The summed E-state index contributed by atoms with van der Waals surface area (Å²) in [6.45, 7) is 0. The molecule has 0 heterocycles. The van der Waals surface area contributed by atoms with Crippen molar-refractivity contribution in [2.75, 3.05) is 19.5 Å². The van der Waals surface area contributed by atoms with Crippen LogP contribution in [0, 0.1) is 0 Å². The molecule has 0 spiro atoms. The molecule has 0 radical (unpaired) electrons. The van der Waals surface area contributed by atoms with Crippen LogP contribution in [-0.4, -0.2) is 14.2 Å². The topological polar surface area (TPSA) is 21.3 Å². The van der Waals surface area contributed by atoms with E-state index in [1.807, 2.05) is 13.1 Å². The average Bonchev–Trinajstić information content (AvgIpc) is 3.01. The molecule has 3 heteroatoms. The molecule has 76 valence electrons. The van der Waals surface area contributed by atoms with Crippen LogP contribution in [0.2, 0.25) is 5.02 Å². The number of hydrogen-bond acceptors (Lipinski definition) is 2. The molecule has 2 nitrogen and oxygen atoms in total. The smallest absolute Gasteiger partial charge is 0.143 e. The number of nitrogens with one attached hydrogen (secondary N) is 1. The van der Waals surface area contributed by atoms with Gasteiger partial charge in [0, 0.05) is 18.1 Å².